The second kappa shape index (κ2) is 10.6. The van der Waals surface area contributed by atoms with E-state index < -0.39 is 11.7 Å². The van der Waals surface area contributed by atoms with Crippen LogP contribution in [0.15, 0.2) is 73.2 Å². The van der Waals surface area contributed by atoms with E-state index in [0.717, 1.165) is 11.7 Å². The van der Waals surface area contributed by atoms with E-state index in [4.69, 9.17) is 9.47 Å². The number of ether oxygens (including phenoxy) is 2. The maximum absolute atomic E-state index is 13.5. The number of carbonyl (C=O) groups is 1. The molecule has 0 bridgehead atoms. The Morgan fingerprint density at radius 1 is 1.05 bits per heavy atom. The molecule has 0 spiro atoms. The Bertz CT molecular complexity index is 1730. The number of amides is 1. The Labute approximate surface area is 229 Å². The molecule has 0 radical (unpaired) electrons. The summed E-state index contributed by atoms with van der Waals surface area (Å²) in [5, 5.41) is 5.70. The standard InChI is InChI=1S/C28H23F3N6O3.2H2/c1-32-26(38)22-12-18(7-10-34-22)40-25-13-21-23(14-24(25)39-3)37(2)27(36-21)35-17-6-4-5-16(11-17)19-8-9-33-15-20(19)28(29,30)31;;/h4-15H,1-3H3,(H,32,38)(H,35,36);2*1H. The highest BCUT2D eigenvalue weighted by Gasteiger charge is 2.34. The fourth-order valence-corrected chi connectivity index (χ4v) is 4.17. The molecule has 2 aromatic carbocycles. The van der Waals surface area contributed by atoms with Gasteiger partial charge < -0.3 is 24.7 Å². The van der Waals surface area contributed by atoms with Gasteiger partial charge in [-0.05, 0) is 35.4 Å². The van der Waals surface area contributed by atoms with Crippen molar-refractivity contribution in [3.63, 3.8) is 0 Å². The van der Waals surface area contributed by atoms with Gasteiger partial charge in [-0.25, -0.2) is 4.98 Å². The number of benzene rings is 2. The number of hydrogen-bond acceptors (Lipinski definition) is 7. The molecule has 0 saturated heterocycles. The smallest absolute Gasteiger partial charge is 0.418 e. The number of fused-ring (bicyclic) bond motifs is 1. The number of anilines is 2. The topological polar surface area (TPSA) is 103 Å². The molecule has 40 heavy (non-hydrogen) atoms. The van der Waals surface area contributed by atoms with Crippen molar-refractivity contribution in [1.29, 1.82) is 0 Å². The number of rotatable bonds is 7. The predicted molar refractivity (Wildman–Crippen MR) is 147 cm³/mol. The van der Waals surface area contributed by atoms with E-state index in [-0.39, 0.29) is 20.0 Å². The third kappa shape index (κ3) is 5.23. The lowest BCUT2D eigenvalue weighted by atomic mass is 10.0. The van der Waals surface area contributed by atoms with Gasteiger partial charge in [0.25, 0.3) is 5.91 Å². The zero-order valence-electron chi connectivity index (χ0n) is 21.6. The molecule has 3 heterocycles. The average Bonchev–Trinajstić information content (AvgIpc) is 3.25. The van der Waals surface area contributed by atoms with E-state index in [1.165, 1.54) is 38.7 Å². The third-order valence-electron chi connectivity index (χ3n) is 6.14. The molecule has 12 heteroatoms. The molecule has 0 aliphatic heterocycles. The predicted octanol–water partition coefficient (Wildman–Crippen LogP) is 6.45. The Morgan fingerprint density at radius 2 is 1.88 bits per heavy atom. The maximum atomic E-state index is 13.5. The van der Waals surface area contributed by atoms with Crippen LogP contribution >= 0.6 is 0 Å². The summed E-state index contributed by atoms with van der Waals surface area (Å²) in [6.45, 7) is 0. The average molecular weight is 553 g/mol. The molecule has 3 aromatic heterocycles. The van der Waals surface area contributed by atoms with Crippen LogP contribution in [-0.2, 0) is 13.2 Å². The second-order valence-corrected chi connectivity index (χ2v) is 8.67. The number of carbonyl (C=O) groups excluding carboxylic acids is 1. The Kier molecular flexibility index (Phi) is 6.99. The number of imidazole rings is 1. The minimum absolute atomic E-state index is 0. The van der Waals surface area contributed by atoms with Gasteiger partial charge in [0.15, 0.2) is 11.5 Å². The zero-order valence-corrected chi connectivity index (χ0v) is 21.6. The van der Waals surface area contributed by atoms with E-state index in [9.17, 15) is 18.0 Å². The molecule has 0 atom stereocenters. The van der Waals surface area contributed by atoms with Crippen LogP contribution in [0.1, 0.15) is 18.9 Å². The minimum atomic E-state index is -4.54. The number of hydrogen-bond donors (Lipinski definition) is 2. The van der Waals surface area contributed by atoms with Crippen molar-refractivity contribution >= 4 is 28.6 Å². The number of aromatic nitrogens is 4. The molecule has 0 aliphatic rings. The van der Waals surface area contributed by atoms with Gasteiger partial charge in [0.1, 0.15) is 11.4 Å². The lowest BCUT2D eigenvalue weighted by Crippen LogP contribution is -2.18. The molecule has 5 rings (SSSR count). The molecule has 0 saturated carbocycles. The van der Waals surface area contributed by atoms with Crippen LogP contribution in [0.4, 0.5) is 24.8 Å². The Balaban J connectivity index is 0.00000242. The number of pyridine rings is 2. The van der Waals surface area contributed by atoms with E-state index >= 15 is 0 Å². The summed E-state index contributed by atoms with van der Waals surface area (Å²) in [5.74, 6) is 1.28. The summed E-state index contributed by atoms with van der Waals surface area (Å²) in [4.78, 5) is 24.3. The molecule has 208 valence electrons. The molecule has 0 fully saturated rings. The summed E-state index contributed by atoms with van der Waals surface area (Å²) in [7, 11) is 4.81. The normalized spacial score (nSPS) is 11.3. The maximum Gasteiger partial charge on any atom is 0.418 e. The molecule has 5 aromatic rings. The van der Waals surface area contributed by atoms with Crippen molar-refractivity contribution in [2.24, 2.45) is 7.05 Å². The quantitative estimate of drug-likeness (QED) is 0.239. The number of nitrogens with zero attached hydrogens (tertiary/aromatic N) is 4. The van der Waals surface area contributed by atoms with Gasteiger partial charge in [0, 0.05) is 59.4 Å². The van der Waals surface area contributed by atoms with Crippen molar-refractivity contribution in [3.8, 4) is 28.4 Å². The number of nitrogens with one attached hydrogen (secondary N) is 2. The summed E-state index contributed by atoms with van der Waals surface area (Å²) >= 11 is 0. The highest BCUT2D eigenvalue weighted by Crippen LogP contribution is 2.38. The summed E-state index contributed by atoms with van der Waals surface area (Å²) in [5.41, 5.74) is 1.63. The number of alkyl halides is 3. The van der Waals surface area contributed by atoms with Gasteiger partial charge in [-0.1, -0.05) is 12.1 Å². The van der Waals surface area contributed by atoms with Gasteiger partial charge in [0.2, 0.25) is 5.95 Å². The molecule has 2 N–H and O–H groups in total. The summed E-state index contributed by atoms with van der Waals surface area (Å²) in [6, 6.07) is 14.5. The highest BCUT2D eigenvalue weighted by molar-refractivity contribution is 5.92. The first-order valence-electron chi connectivity index (χ1n) is 12.0. The van der Waals surface area contributed by atoms with Crippen LogP contribution < -0.4 is 20.1 Å². The zero-order chi connectivity index (χ0) is 28.4. The van der Waals surface area contributed by atoms with Crippen LogP contribution in [0.25, 0.3) is 22.2 Å². The van der Waals surface area contributed by atoms with E-state index in [0.29, 0.717) is 40.0 Å². The summed E-state index contributed by atoms with van der Waals surface area (Å²) in [6.07, 6.45) is -0.928. The van der Waals surface area contributed by atoms with Crippen molar-refractivity contribution in [2.75, 3.05) is 19.5 Å². The fourth-order valence-electron chi connectivity index (χ4n) is 4.17. The minimum Gasteiger partial charge on any atom is -0.493 e. The number of aryl methyl sites for hydroxylation is 1. The lowest BCUT2D eigenvalue weighted by Gasteiger charge is -2.13. The van der Waals surface area contributed by atoms with Crippen molar-refractivity contribution < 1.29 is 30.3 Å². The van der Waals surface area contributed by atoms with Crippen molar-refractivity contribution in [3.05, 3.63) is 84.4 Å². The van der Waals surface area contributed by atoms with Crippen LogP contribution in [0, 0.1) is 0 Å². The third-order valence-corrected chi connectivity index (χ3v) is 6.14. The molecular weight excluding hydrogens is 525 g/mol. The van der Waals surface area contributed by atoms with Gasteiger partial charge >= 0.3 is 6.18 Å². The largest absolute Gasteiger partial charge is 0.493 e. The van der Waals surface area contributed by atoms with Crippen LogP contribution in [0.3, 0.4) is 0 Å². The number of methoxy groups -OCH3 is 1. The molecule has 0 aliphatic carbocycles. The van der Waals surface area contributed by atoms with E-state index in [1.807, 2.05) is 0 Å². The second-order valence-electron chi connectivity index (χ2n) is 8.67. The van der Waals surface area contributed by atoms with Crippen LogP contribution in [0.2, 0.25) is 0 Å². The first-order valence-corrected chi connectivity index (χ1v) is 12.0. The van der Waals surface area contributed by atoms with E-state index in [1.54, 1.807) is 54.1 Å². The van der Waals surface area contributed by atoms with Gasteiger partial charge in [-0.2, -0.15) is 13.2 Å². The van der Waals surface area contributed by atoms with Gasteiger partial charge in [-0.3, -0.25) is 14.8 Å². The molecule has 9 nitrogen and oxygen atoms in total. The first kappa shape index (κ1) is 26.5. The van der Waals surface area contributed by atoms with Crippen LogP contribution in [-0.4, -0.2) is 39.6 Å². The van der Waals surface area contributed by atoms with Crippen molar-refractivity contribution in [1.82, 2.24) is 24.8 Å². The molecular formula is C28H27F3N6O3. The monoisotopic (exact) mass is 552 g/mol. The first-order chi connectivity index (χ1) is 19.2. The molecule has 0 unspecified atom stereocenters. The fraction of sp³-hybridized carbons (Fsp3) is 0.143. The lowest BCUT2D eigenvalue weighted by molar-refractivity contribution is -0.137. The van der Waals surface area contributed by atoms with Gasteiger partial charge in [-0.15, -0.1) is 0 Å². The van der Waals surface area contributed by atoms with E-state index in [2.05, 4.69) is 25.6 Å². The Morgan fingerprint density at radius 3 is 2.62 bits per heavy atom. The molecule has 1 amide bonds. The highest BCUT2D eigenvalue weighted by atomic mass is 19.4. The van der Waals surface area contributed by atoms with Crippen molar-refractivity contribution in [2.45, 2.75) is 6.18 Å². The van der Waals surface area contributed by atoms with Crippen LogP contribution in [0.5, 0.6) is 17.2 Å². The number of halogens is 3. The summed E-state index contributed by atoms with van der Waals surface area (Å²) < 4.78 is 54.0. The Hall–Kier alpha value is -5.13. The SMILES string of the molecule is CNC(=O)c1cc(Oc2cc3nc(Nc4cccc(-c5ccncc5C(F)(F)F)c4)n(C)c3cc2OC)ccn1.[HH].[HH]. The van der Waals surface area contributed by atoms with Gasteiger partial charge in [0.05, 0.1) is 23.7 Å².